The van der Waals surface area contributed by atoms with Crippen molar-refractivity contribution in [3.05, 3.63) is 53.1 Å². The van der Waals surface area contributed by atoms with Crippen LogP contribution in [0.15, 0.2) is 30.3 Å². The van der Waals surface area contributed by atoms with Crippen LogP contribution in [0.25, 0.3) is 0 Å². The van der Waals surface area contributed by atoms with Crippen molar-refractivity contribution in [1.29, 1.82) is 0 Å². The van der Waals surface area contributed by atoms with Gasteiger partial charge in [0.05, 0.1) is 0 Å². The molecule has 0 aliphatic carbocycles. The van der Waals surface area contributed by atoms with Gasteiger partial charge >= 0.3 is 6.03 Å². The number of hydrogen-bond acceptors (Lipinski definition) is 4. The molecule has 3 amide bonds. The van der Waals surface area contributed by atoms with E-state index in [1.807, 2.05) is 11.8 Å². The molecular formula is C23H27F2N5O2. The number of halogens is 2. The first-order valence-corrected chi connectivity index (χ1v) is 10.6. The number of urea groups is 1. The molecule has 1 saturated heterocycles. The maximum atomic E-state index is 14.3. The third-order valence-corrected chi connectivity index (χ3v) is 5.96. The van der Waals surface area contributed by atoms with Gasteiger partial charge in [-0.3, -0.25) is 4.79 Å². The second-order valence-corrected chi connectivity index (χ2v) is 8.46. The molecule has 2 N–H and O–H groups in total. The number of anilines is 3. The number of hydrogen-bond donors (Lipinski definition) is 2. The van der Waals surface area contributed by atoms with Crippen molar-refractivity contribution in [2.24, 2.45) is 0 Å². The van der Waals surface area contributed by atoms with Gasteiger partial charge in [0.1, 0.15) is 17.7 Å². The summed E-state index contributed by atoms with van der Waals surface area (Å²) < 4.78 is 28.4. The van der Waals surface area contributed by atoms with Gasteiger partial charge in [0.2, 0.25) is 5.91 Å². The lowest BCUT2D eigenvalue weighted by Crippen LogP contribution is -2.51. The molecule has 2 aromatic rings. The number of rotatable bonds is 3. The zero-order valence-electron chi connectivity index (χ0n) is 18.4. The fourth-order valence-electron chi connectivity index (χ4n) is 4.22. The molecule has 0 saturated carbocycles. The molecule has 4 rings (SSSR count). The molecule has 170 valence electrons. The van der Waals surface area contributed by atoms with E-state index in [0.717, 1.165) is 5.56 Å². The fraction of sp³-hybridized carbons (Fsp3) is 0.391. The smallest absolute Gasteiger partial charge is 0.319 e. The van der Waals surface area contributed by atoms with Gasteiger partial charge in [0.25, 0.3) is 0 Å². The molecule has 7 nitrogen and oxygen atoms in total. The third kappa shape index (κ3) is 4.32. The van der Waals surface area contributed by atoms with Crippen LogP contribution in [0.4, 0.5) is 30.6 Å². The zero-order chi connectivity index (χ0) is 23.0. The SMILES string of the molecule is Cc1ccc(F)c2c1NC(C(=O)Nc1cc(F)cc(N3CCN(C(=O)N(C)C)CC3)c1)C2. The summed E-state index contributed by atoms with van der Waals surface area (Å²) in [5.41, 5.74) is 3.00. The molecule has 2 aliphatic heterocycles. The van der Waals surface area contributed by atoms with Crippen molar-refractivity contribution < 1.29 is 18.4 Å². The summed E-state index contributed by atoms with van der Waals surface area (Å²) in [6, 6.07) is 6.80. The lowest BCUT2D eigenvalue weighted by molar-refractivity contribution is -0.116. The number of aryl methyl sites for hydroxylation is 1. The molecule has 2 aromatic carbocycles. The number of carbonyl (C=O) groups excluding carboxylic acids is 2. The lowest BCUT2D eigenvalue weighted by Gasteiger charge is -2.37. The predicted octanol–water partition coefficient (Wildman–Crippen LogP) is 3.05. The average Bonchev–Trinajstić information content (AvgIpc) is 3.23. The van der Waals surface area contributed by atoms with E-state index < -0.39 is 11.9 Å². The van der Waals surface area contributed by atoms with Crippen LogP contribution < -0.4 is 15.5 Å². The summed E-state index contributed by atoms with van der Waals surface area (Å²) in [7, 11) is 3.42. The van der Waals surface area contributed by atoms with E-state index in [1.165, 1.54) is 23.1 Å². The Morgan fingerprint density at radius 3 is 2.47 bits per heavy atom. The number of piperazine rings is 1. The first-order chi connectivity index (χ1) is 15.2. The van der Waals surface area contributed by atoms with Crippen molar-refractivity contribution in [3.8, 4) is 0 Å². The highest BCUT2D eigenvalue weighted by Crippen LogP contribution is 2.32. The Hall–Kier alpha value is -3.36. The van der Waals surface area contributed by atoms with E-state index in [4.69, 9.17) is 0 Å². The molecule has 1 atom stereocenters. The maximum Gasteiger partial charge on any atom is 0.319 e. The quantitative estimate of drug-likeness (QED) is 0.765. The van der Waals surface area contributed by atoms with E-state index >= 15 is 0 Å². The Bertz CT molecular complexity index is 1020. The van der Waals surface area contributed by atoms with Gasteiger partial charge in [-0.05, 0) is 36.8 Å². The van der Waals surface area contributed by atoms with Gasteiger partial charge in [-0.25, -0.2) is 13.6 Å². The summed E-state index contributed by atoms with van der Waals surface area (Å²) in [4.78, 5) is 30.2. The van der Waals surface area contributed by atoms with Gasteiger partial charge in [-0.1, -0.05) is 6.07 Å². The normalized spacial score (nSPS) is 17.6. The first kappa shape index (κ1) is 21.9. The molecule has 9 heteroatoms. The van der Waals surface area contributed by atoms with Crippen molar-refractivity contribution in [2.45, 2.75) is 19.4 Å². The van der Waals surface area contributed by atoms with E-state index in [1.54, 1.807) is 31.1 Å². The monoisotopic (exact) mass is 443 g/mol. The van der Waals surface area contributed by atoms with Crippen LogP contribution in [0.5, 0.6) is 0 Å². The third-order valence-electron chi connectivity index (χ3n) is 5.96. The number of nitrogens with one attached hydrogen (secondary N) is 2. The molecule has 0 bridgehead atoms. The van der Waals surface area contributed by atoms with Crippen LogP contribution in [0.3, 0.4) is 0 Å². The second kappa shape index (κ2) is 8.64. The average molecular weight is 443 g/mol. The predicted molar refractivity (Wildman–Crippen MR) is 120 cm³/mol. The highest BCUT2D eigenvalue weighted by atomic mass is 19.1. The van der Waals surface area contributed by atoms with Crippen LogP contribution >= 0.6 is 0 Å². The fourth-order valence-corrected chi connectivity index (χ4v) is 4.22. The topological polar surface area (TPSA) is 67.9 Å². The second-order valence-electron chi connectivity index (χ2n) is 8.46. The van der Waals surface area contributed by atoms with E-state index in [0.29, 0.717) is 48.8 Å². The molecule has 2 aliphatic rings. The van der Waals surface area contributed by atoms with Crippen molar-refractivity contribution in [2.75, 3.05) is 55.8 Å². The summed E-state index contributed by atoms with van der Waals surface area (Å²) >= 11 is 0. The molecule has 1 unspecified atom stereocenters. The minimum atomic E-state index is -0.632. The zero-order valence-corrected chi connectivity index (χ0v) is 18.4. The Kier molecular flexibility index (Phi) is 5.90. The van der Waals surface area contributed by atoms with Gasteiger partial charge in [-0.2, -0.15) is 0 Å². The molecule has 32 heavy (non-hydrogen) atoms. The van der Waals surface area contributed by atoms with Gasteiger partial charge in [-0.15, -0.1) is 0 Å². The first-order valence-electron chi connectivity index (χ1n) is 10.6. The van der Waals surface area contributed by atoms with Crippen LogP contribution in [-0.4, -0.2) is 68.1 Å². The summed E-state index contributed by atoms with van der Waals surface area (Å²) in [5, 5.41) is 5.84. The van der Waals surface area contributed by atoms with Gasteiger partial charge < -0.3 is 25.3 Å². The maximum absolute atomic E-state index is 14.3. The largest absolute Gasteiger partial charge is 0.373 e. The Balaban J connectivity index is 1.43. The van der Waals surface area contributed by atoms with Crippen LogP contribution in [0, 0.1) is 18.6 Å². The van der Waals surface area contributed by atoms with Crippen LogP contribution in [0.1, 0.15) is 11.1 Å². The molecule has 1 fully saturated rings. The van der Waals surface area contributed by atoms with Crippen molar-refractivity contribution >= 4 is 29.0 Å². The number of benzene rings is 2. The molecule has 0 aromatic heterocycles. The number of amides is 3. The highest BCUT2D eigenvalue weighted by Gasteiger charge is 2.30. The molecule has 0 radical (unpaired) electrons. The van der Waals surface area contributed by atoms with Crippen LogP contribution in [-0.2, 0) is 11.2 Å². The minimum Gasteiger partial charge on any atom is -0.373 e. The summed E-state index contributed by atoms with van der Waals surface area (Å²) in [6.45, 7) is 4.05. The number of nitrogens with zero attached hydrogens (tertiary/aromatic N) is 3. The summed E-state index contributed by atoms with van der Waals surface area (Å²) in [5.74, 6) is -1.15. The minimum absolute atomic E-state index is 0.0476. The number of fused-ring (bicyclic) bond motifs is 1. The Morgan fingerprint density at radius 1 is 1.09 bits per heavy atom. The van der Waals surface area contributed by atoms with Gasteiger partial charge in [0.15, 0.2) is 0 Å². The van der Waals surface area contributed by atoms with Gasteiger partial charge in [0, 0.05) is 69.3 Å². The van der Waals surface area contributed by atoms with Crippen molar-refractivity contribution in [3.63, 3.8) is 0 Å². The standard InChI is InChI=1S/C23H27F2N5O2/c1-14-4-5-19(25)18-13-20(27-21(14)18)22(31)26-16-10-15(24)11-17(12-16)29-6-8-30(9-7-29)23(32)28(2)3/h4-5,10-12,20,27H,6-9,13H2,1-3H3,(H,26,31). The van der Waals surface area contributed by atoms with E-state index in [2.05, 4.69) is 10.6 Å². The molecule has 0 spiro atoms. The van der Waals surface area contributed by atoms with E-state index in [9.17, 15) is 18.4 Å². The molecular weight excluding hydrogens is 416 g/mol. The number of carbonyl (C=O) groups is 2. The Labute approximate surface area is 186 Å². The molecule has 2 heterocycles. The Morgan fingerprint density at radius 2 is 1.81 bits per heavy atom. The van der Waals surface area contributed by atoms with Crippen LogP contribution in [0.2, 0.25) is 0 Å². The summed E-state index contributed by atoms with van der Waals surface area (Å²) in [6.07, 6.45) is 0.235. The lowest BCUT2D eigenvalue weighted by atomic mass is 10.1. The highest BCUT2D eigenvalue weighted by molar-refractivity contribution is 5.98. The van der Waals surface area contributed by atoms with Crippen molar-refractivity contribution in [1.82, 2.24) is 9.80 Å². The van der Waals surface area contributed by atoms with E-state index in [-0.39, 0.29) is 24.2 Å².